The Labute approximate surface area is 194 Å². The normalized spacial score (nSPS) is 11.0. The monoisotopic (exact) mass is 473 g/mol. The Morgan fingerprint density at radius 1 is 1.03 bits per heavy atom. The SMILES string of the molecule is Cc1nn(Cc2ccc(Cl)c(Cl)c2)c(C)c1NC(=O)c1cc(-c2ccc(Cl)cc2)n[nH]1. The van der Waals surface area contributed by atoms with Gasteiger partial charge in [0, 0.05) is 10.6 Å². The van der Waals surface area contributed by atoms with Crippen LogP contribution in [0.4, 0.5) is 5.69 Å². The fourth-order valence-corrected chi connectivity index (χ4v) is 3.68. The highest BCUT2D eigenvalue weighted by Crippen LogP contribution is 2.26. The highest BCUT2D eigenvalue weighted by molar-refractivity contribution is 6.42. The summed E-state index contributed by atoms with van der Waals surface area (Å²) in [7, 11) is 0. The Bertz CT molecular complexity index is 1260. The minimum absolute atomic E-state index is 0.298. The molecule has 0 spiro atoms. The lowest BCUT2D eigenvalue weighted by Gasteiger charge is -2.07. The molecule has 0 unspecified atom stereocenters. The summed E-state index contributed by atoms with van der Waals surface area (Å²) in [4.78, 5) is 12.8. The summed E-state index contributed by atoms with van der Waals surface area (Å²) in [6.07, 6.45) is 0. The van der Waals surface area contributed by atoms with Crippen molar-refractivity contribution in [3.63, 3.8) is 0 Å². The number of amides is 1. The molecule has 2 aromatic carbocycles. The van der Waals surface area contributed by atoms with E-state index < -0.39 is 0 Å². The first-order valence-electron chi connectivity index (χ1n) is 9.42. The summed E-state index contributed by atoms with van der Waals surface area (Å²) < 4.78 is 1.82. The smallest absolute Gasteiger partial charge is 0.273 e. The summed E-state index contributed by atoms with van der Waals surface area (Å²) in [5.74, 6) is -0.298. The van der Waals surface area contributed by atoms with Gasteiger partial charge >= 0.3 is 0 Å². The van der Waals surface area contributed by atoms with Crippen LogP contribution in [-0.2, 0) is 6.54 Å². The fraction of sp³-hybridized carbons (Fsp3) is 0.136. The number of carbonyl (C=O) groups excluding carboxylic acids is 1. The lowest BCUT2D eigenvalue weighted by atomic mass is 10.1. The molecule has 2 heterocycles. The zero-order valence-corrected chi connectivity index (χ0v) is 19.0. The zero-order chi connectivity index (χ0) is 22.1. The number of H-pyrrole nitrogens is 1. The van der Waals surface area contributed by atoms with Crippen LogP contribution in [0.15, 0.2) is 48.5 Å². The maximum Gasteiger partial charge on any atom is 0.273 e. The van der Waals surface area contributed by atoms with E-state index in [1.165, 1.54) is 0 Å². The minimum Gasteiger partial charge on any atom is -0.318 e. The van der Waals surface area contributed by atoms with Crippen LogP contribution < -0.4 is 5.32 Å². The van der Waals surface area contributed by atoms with Gasteiger partial charge in [-0.3, -0.25) is 14.6 Å². The van der Waals surface area contributed by atoms with Crippen LogP contribution in [0.3, 0.4) is 0 Å². The molecule has 2 aromatic heterocycles. The number of aromatic nitrogens is 4. The van der Waals surface area contributed by atoms with Gasteiger partial charge < -0.3 is 5.32 Å². The summed E-state index contributed by atoms with van der Waals surface area (Å²) in [6, 6.07) is 14.4. The average Bonchev–Trinajstić information content (AvgIpc) is 3.33. The summed E-state index contributed by atoms with van der Waals surface area (Å²) in [6.45, 7) is 4.25. The molecular weight excluding hydrogens is 457 g/mol. The largest absolute Gasteiger partial charge is 0.318 e. The van der Waals surface area contributed by atoms with E-state index in [1.807, 2.05) is 42.8 Å². The van der Waals surface area contributed by atoms with Gasteiger partial charge in [-0.2, -0.15) is 10.2 Å². The first kappa shape index (κ1) is 21.4. The van der Waals surface area contributed by atoms with Gasteiger partial charge in [0.2, 0.25) is 0 Å². The van der Waals surface area contributed by atoms with Crippen LogP contribution in [0, 0.1) is 13.8 Å². The van der Waals surface area contributed by atoms with E-state index in [9.17, 15) is 4.79 Å². The Morgan fingerprint density at radius 3 is 2.48 bits per heavy atom. The Kier molecular flexibility index (Phi) is 6.05. The molecule has 0 bridgehead atoms. The third-order valence-electron chi connectivity index (χ3n) is 4.90. The Balaban J connectivity index is 1.52. The van der Waals surface area contributed by atoms with Gasteiger partial charge in [-0.15, -0.1) is 0 Å². The molecule has 0 radical (unpaired) electrons. The molecule has 0 aliphatic heterocycles. The quantitative estimate of drug-likeness (QED) is 0.364. The number of nitrogens with zero attached hydrogens (tertiary/aromatic N) is 3. The van der Waals surface area contributed by atoms with Gasteiger partial charge in [0.05, 0.1) is 39.4 Å². The molecule has 4 aromatic rings. The molecule has 0 atom stereocenters. The number of hydrogen-bond acceptors (Lipinski definition) is 3. The first-order valence-corrected chi connectivity index (χ1v) is 10.6. The third-order valence-corrected chi connectivity index (χ3v) is 5.89. The van der Waals surface area contributed by atoms with Gasteiger partial charge in [0.25, 0.3) is 5.91 Å². The lowest BCUT2D eigenvalue weighted by molar-refractivity contribution is 0.102. The molecular formula is C22H18Cl3N5O. The van der Waals surface area contributed by atoms with Gasteiger partial charge in [0.1, 0.15) is 5.69 Å². The van der Waals surface area contributed by atoms with E-state index in [2.05, 4.69) is 20.6 Å². The van der Waals surface area contributed by atoms with E-state index in [-0.39, 0.29) is 5.91 Å². The van der Waals surface area contributed by atoms with Crippen molar-refractivity contribution in [2.24, 2.45) is 0 Å². The van der Waals surface area contributed by atoms with Crippen molar-refractivity contribution >= 4 is 46.4 Å². The highest BCUT2D eigenvalue weighted by Gasteiger charge is 2.17. The zero-order valence-electron chi connectivity index (χ0n) is 16.7. The van der Waals surface area contributed by atoms with Crippen molar-refractivity contribution in [3.8, 4) is 11.3 Å². The summed E-state index contributed by atoms with van der Waals surface area (Å²) in [5, 5.41) is 16.1. The number of halogens is 3. The van der Waals surface area contributed by atoms with Gasteiger partial charge in [-0.25, -0.2) is 0 Å². The standard InChI is InChI=1S/C22H18Cl3N5O/c1-12-21(13(2)30(29-12)11-14-3-8-17(24)18(25)9-14)26-22(31)20-10-19(27-28-20)15-4-6-16(23)7-5-15/h3-10H,11H2,1-2H3,(H,26,31)(H,27,28). The Morgan fingerprint density at radius 2 is 1.77 bits per heavy atom. The Hall–Kier alpha value is -2.80. The first-order chi connectivity index (χ1) is 14.8. The molecule has 31 heavy (non-hydrogen) atoms. The van der Waals surface area contributed by atoms with Crippen molar-refractivity contribution in [3.05, 3.63) is 86.2 Å². The minimum atomic E-state index is -0.298. The number of hydrogen-bond donors (Lipinski definition) is 2. The molecule has 2 N–H and O–H groups in total. The predicted octanol–water partition coefficient (Wildman–Crippen LogP) is 6.15. The number of aromatic amines is 1. The maximum absolute atomic E-state index is 12.8. The number of benzene rings is 2. The van der Waals surface area contributed by atoms with E-state index in [4.69, 9.17) is 34.8 Å². The molecule has 4 rings (SSSR count). The summed E-state index contributed by atoms with van der Waals surface area (Å²) >= 11 is 18.0. The van der Waals surface area contributed by atoms with Crippen LogP contribution >= 0.6 is 34.8 Å². The fourth-order valence-electron chi connectivity index (χ4n) is 3.23. The second kappa shape index (κ2) is 8.75. The lowest BCUT2D eigenvalue weighted by Crippen LogP contribution is -2.14. The second-order valence-corrected chi connectivity index (χ2v) is 8.33. The van der Waals surface area contributed by atoms with Gasteiger partial charge in [-0.05, 0) is 49.7 Å². The number of rotatable bonds is 5. The number of carbonyl (C=O) groups is 1. The van der Waals surface area contributed by atoms with Crippen LogP contribution in [0.25, 0.3) is 11.3 Å². The average molecular weight is 475 g/mol. The van der Waals surface area contributed by atoms with Crippen molar-refractivity contribution in [1.29, 1.82) is 0 Å². The number of nitrogens with one attached hydrogen (secondary N) is 2. The van der Waals surface area contributed by atoms with Crippen LogP contribution in [-0.4, -0.2) is 25.9 Å². The molecule has 0 saturated carbocycles. The molecule has 0 fully saturated rings. The molecule has 0 saturated heterocycles. The third kappa shape index (κ3) is 4.61. The van der Waals surface area contributed by atoms with E-state index in [1.54, 1.807) is 24.3 Å². The van der Waals surface area contributed by atoms with Crippen LogP contribution in [0.1, 0.15) is 27.4 Å². The molecule has 6 nitrogen and oxygen atoms in total. The molecule has 9 heteroatoms. The number of aryl methyl sites for hydroxylation is 1. The molecule has 0 aliphatic carbocycles. The van der Waals surface area contributed by atoms with E-state index in [0.717, 1.165) is 16.8 Å². The van der Waals surface area contributed by atoms with Crippen LogP contribution in [0.5, 0.6) is 0 Å². The highest BCUT2D eigenvalue weighted by atomic mass is 35.5. The summed E-state index contributed by atoms with van der Waals surface area (Å²) in [5.41, 5.74) is 5.03. The molecule has 158 valence electrons. The van der Waals surface area contributed by atoms with Gasteiger partial charge in [-0.1, -0.05) is 53.0 Å². The van der Waals surface area contributed by atoms with E-state index >= 15 is 0 Å². The maximum atomic E-state index is 12.8. The molecule has 1 amide bonds. The van der Waals surface area contributed by atoms with Crippen molar-refractivity contribution < 1.29 is 4.79 Å². The van der Waals surface area contributed by atoms with Gasteiger partial charge in [0.15, 0.2) is 0 Å². The second-order valence-electron chi connectivity index (χ2n) is 7.08. The van der Waals surface area contributed by atoms with Crippen molar-refractivity contribution in [2.45, 2.75) is 20.4 Å². The van der Waals surface area contributed by atoms with Crippen molar-refractivity contribution in [2.75, 3.05) is 5.32 Å². The van der Waals surface area contributed by atoms with Crippen molar-refractivity contribution in [1.82, 2.24) is 20.0 Å². The topological polar surface area (TPSA) is 75.6 Å². The predicted molar refractivity (Wildman–Crippen MR) is 124 cm³/mol. The number of anilines is 1. The van der Waals surface area contributed by atoms with E-state index in [0.29, 0.717) is 44.4 Å². The van der Waals surface area contributed by atoms with Crippen LogP contribution in [0.2, 0.25) is 15.1 Å². The molecule has 0 aliphatic rings.